The van der Waals surface area contributed by atoms with Gasteiger partial charge in [0.25, 0.3) is 0 Å². The highest BCUT2D eigenvalue weighted by atomic mass is 32.2. The molecule has 0 radical (unpaired) electrons. The molecule has 9 heteroatoms. The van der Waals surface area contributed by atoms with E-state index in [9.17, 15) is 9.59 Å². The van der Waals surface area contributed by atoms with Crippen LogP contribution in [0.3, 0.4) is 0 Å². The Kier molecular flexibility index (Phi) is 7.78. The second-order valence-electron chi connectivity index (χ2n) is 6.03. The number of rotatable bonds is 9. The van der Waals surface area contributed by atoms with Crippen LogP contribution in [-0.4, -0.2) is 50.5 Å². The monoisotopic (exact) mass is 391 g/mol. The van der Waals surface area contributed by atoms with Gasteiger partial charge in [-0.3, -0.25) is 9.78 Å². The number of thioether (sulfide) groups is 1. The largest absolute Gasteiger partial charge is 0.467 e. The number of pyridine rings is 1. The number of esters is 1. The van der Waals surface area contributed by atoms with Crippen molar-refractivity contribution in [1.82, 2.24) is 25.1 Å². The van der Waals surface area contributed by atoms with Gasteiger partial charge < -0.3 is 14.6 Å². The summed E-state index contributed by atoms with van der Waals surface area (Å²) in [5.41, 5.74) is 0.915. The minimum absolute atomic E-state index is 0.0102. The lowest BCUT2D eigenvalue weighted by Gasteiger charge is -2.21. The molecular weight excluding hydrogens is 366 g/mol. The first-order chi connectivity index (χ1) is 13.0. The Morgan fingerprint density at radius 3 is 2.56 bits per heavy atom. The van der Waals surface area contributed by atoms with Crippen molar-refractivity contribution in [3.63, 3.8) is 0 Å². The Bertz CT molecular complexity index is 766. The average Bonchev–Trinajstić information content (AvgIpc) is 3.12. The first kappa shape index (κ1) is 20.9. The van der Waals surface area contributed by atoms with E-state index in [1.165, 1.54) is 18.9 Å². The Morgan fingerprint density at radius 2 is 1.96 bits per heavy atom. The molecule has 27 heavy (non-hydrogen) atoms. The fourth-order valence-corrected chi connectivity index (χ4v) is 3.35. The van der Waals surface area contributed by atoms with Gasteiger partial charge in [-0.15, -0.1) is 10.2 Å². The summed E-state index contributed by atoms with van der Waals surface area (Å²) < 4.78 is 6.74. The van der Waals surface area contributed by atoms with E-state index in [0.29, 0.717) is 11.7 Å². The highest BCUT2D eigenvalue weighted by molar-refractivity contribution is 7.99. The van der Waals surface area contributed by atoms with E-state index < -0.39 is 12.0 Å². The average molecular weight is 391 g/mol. The Labute approximate surface area is 163 Å². The topological polar surface area (TPSA) is 99.0 Å². The predicted octanol–water partition coefficient (Wildman–Crippen LogP) is 2.16. The zero-order valence-electron chi connectivity index (χ0n) is 16.0. The number of carbonyl (C=O) groups is 2. The molecule has 146 valence electrons. The standard InChI is InChI=1S/C18H25N5O3S/c1-5-12(3)15(17(25)26-4)20-14(24)11-27-18-22-21-16(23(18)6-2)13-7-9-19-10-8-13/h7-10,12,15H,5-6,11H2,1-4H3,(H,20,24)/t12-,15+/m0/s1. The van der Waals surface area contributed by atoms with Crippen molar-refractivity contribution in [2.45, 2.75) is 44.9 Å². The summed E-state index contributed by atoms with van der Waals surface area (Å²) in [4.78, 5) is 28.3. The summed E-state index contributed by atoms with van der Waals surface area (Å²) in [7, 11) is 1.32. The molecule has 2 aromatic heterocycles. The number of ether oxygens (including phenoxy) is 1. The molecule has 0 bridgehead atoms. The zero-order valence-corrected chi connectivity index (χ0v) is 16.8. The molecule has 0 fully saturated rings. The van der Waals surface area contributed by atoms with Crippen molar-refractivity contribution in [2.75, 3.05) is 12.9 Å². The third kappa shape index (κ3) is 5.29. The Hall–Kier alpha value is -2.42. The molecule has 2 atom stereocenters. The summed E-state index contributed by atoms with van der Waals surface area (Å²) >= 11 is 1.29. The van der Waals surface area contributed by atoms with E-state index in [0.717, 1.165) is 17.8 Å². The molecule has 0 aromatic carbocycles. The van der Waals surface area contributed by atoms with Gasteiger partial charge in [0.05, 0.1) is 12.9 Å². The van der Waals surface area contributed by atoms with Crippen LogP contribution in [0.15, 0.2) is 29.7 Å². The molecule has 1 amide bonds. The molecule has 0 spiro atoms. The molecule has 0 aliphatic rings. The second-order valence-corrected chi connectivity index (χ2v) is 6.97. The Balaban J connectivity index is 2.05. The number of hydrogen-bond donors (Lipinski definition) is 1. The third-order valence-electron chi connectivity index (χ3n) is 4.29. The first-order valence-electron chi connectivity index (χ1n) is 8.85. The molecule has 0 saturated carbocycles. The molecule has 2 aromatic rings. The fourth-order valence-electron chi connectivity index (χ4n) is 2.54. The summed E-state index contributed by atoms with van der Waals surface area (Å²) in [5.74, 6) is 0.184. The van der Waals surface area contributed by atoms with E-state index >= 15 is 0 Å². The summed E-state index contributed by atoms with van der Waals surface area (Å²) in [6, 6.07) is 3.08. The molecule has 0 unspecified atom stereocenters. The molecule has 8 nitrogen and oxygen atoms in total. The maximum atomic E-state index is 12.3. The molecule has 2 heterocycles. The van der Waals surface area contributed by atoms with Gasteiger partial charge in [-0.25, -0.2) is 4.79 Å². The molecule has 0 saturated heterocycles. The van der Waals surface area contributed by atoms with E-state index in [1.54, 1.807) is 12.4 Å². The SMILES string of the molecule is CC[C@H](C)[C@@H](NC(=O)CSc1nnc(-c2ccncc2)n1CC)C(=O)OC. The van der Waals surface area contributed by atoms with Crippen LogP contribution in [0.1, 0.15) is 27.2 Å². The number of nitrogens with zero attached hydrogens (tertiary/aromatic N) is 4. The highest BCUT2D eigenvalue weighted by Gasteiger charge is 2.26. The van der Waals surface area contributed by atoms with Gasteiger partial charge in [-0.2, -0.15) is 0 Å². The van der Waals surface area contributed by atoms with Gasteiger partial charge >= 0.3 is 5.97 Å². The van der Waals surface area contributed by atoms with Crippen molar-refractivity contribution < 1.29 is 14.3 Å². The van der Waals surface area contributed by atoms with Gasteiger partial charge in [-0.1, -0.05) is 32.0 Å². The first-order valence-corrected chi connectivity index (χ1v) is 9.83. The molecule has 0 aliphatic carbocycles. The number of methoxy groups -OCH3 is 1. The van der Waals surface area contributed by atoms with Crippen LogP contribution in [0.25, 0.3) is 11.4 Å². The molecule has 0 aliphatic heterocycles. The lowest BCUT2D eigenvalue weighted by molar-refractivity contribution is -0.146. The van der Waals surface area contributed by atoms with Gasteiger partial charge in [0.15, 0.2) is 11.0 Å². The molecular formula is C18H25N5O3S. The molecule has 1 N–H and O–H groups in total. The van der Waals surface area contributed by atoms with Crippen LogP contribution in [0.2, 0.25) is 0 Å². The van der Waals surface area contributed by atoms with Crippen LogP contribution in [0, 0.1) is 5.92 Å². The van der Waals surface area contributed by atoms with Crippen LogP contribution in [-0.2, 0) is 20.9 Å². The van der Waals surface area contributed by atoms with Crippen LogP contribution >= 0.6 is 11.8 Å². The highest BCUT2D eigenvalue weighted by Crippen LogP contribution is 2.23. The number of aromatic nitrogens is 4. The second kappa shape index (κ2) is 10.1. The quantitative estimate of drug-likeness (QED) is 0.516. The normalized spacial score (nSPS) is 13.0. The lowest BCUT2D eigenvalue weighted by Crippen LogP contribution is -2.46. The minimum Gasteiger partial charge on any atom is -0.467 e. The van der Waals surface area contributed by atoms with Crippen molar-refractivity contribution in [2.24, 2.45) is 5.92 Å². The smallest absolute Gasteiger partial charge is 0.328 e. The van der Waals surface area contributed by atoms with Crippen LogP contribution in [0.4, 0.5) is 0 Å². The fraction of sp³-hybridized carbons (Fsp3) is 0.500. The predicted molar refractivity (Wildman–Crippen MR) is 103 cm³/mol. The summed E-state index contributed by atoms with van der Waals surface area (Å²) in [5, 5.41) is 11.9. The van der Waals surface area contributed by atoms with E-state index in [1.807, 2.05) is 37.5 Å². The Morgan fingerprint density at radius 1 is 1.26 bits per heavy atom. The van der Waals surface area contributed by atoms with Gasteiger partial charge in [0.2, 0.25) is 5.91 Å². The number of nitrogens with one attached hydrogen (secondary N) is 1. The zero-order chi connectivity index (χ0) is 19.8. The van der Waals surface area contributed by atoms with Crippen LogP contribution < -0.4 is 5.32 Å². The third-order valence-corrected chi connectivity index (χ3v) is 5.26. The number of carbonyl (C=O) groups excluding carboxylic acids is 2. The van der Waals surface area contributed by atoms with Gasteiger partial charge in [-0.05, 0) is 25.0 Å². The maximum absolute atomic E-state index is 12.3. The lowest BCUT2D eigenvalue weighted by atomic mass is 9.99. The van der Waals surface area contributed by atoms with Gasteiger partial charge in [0, 0.05) is 24.5 Å². The van der Waals surface area contributed by atoms with Crippen molar-refractivity contribution in [3.05, 3.63) is 24.5 Å². The van der Waals surface area contributed by atoms with Crippen molar-refractivity contribution in [3.8, 4) is 11.4 Å². The number of hydrogen-bond acceptors (Lipinski definition) is 7. The van der Waals surface area contributed by atoms with Crippen molar-refractivity contribution >= 4 is 23.6 Å². The van der Waals surface area contributed by atoms with E-state index in [-0.39, 0.29) is 17.6 Å². The van der Waals surface area contributed by atoms with E-state index in [2.05, 4.69) is 20.5 Å². The summed E-state index contributed by atoms with van der Waals surface area (Å²) in [6.45, 7) is 6.54. The van der Waals surface area contributed by atoms with Gasteiger partial charge in [0.1, 0.15) is 6.04 Å². The summed E-state index contributed by atoms with van der Waals surface area (Å²) in [6.07, 6.45) is 4.16. The number of amides is 1. The minimum atomic E-state index is -0.649. The molecule has 2 rings (SSSR count). The van der Waals surface area contributed by atoms with E-state index in [4.69, 9.17) is 4.74 Å². The maximum Gasteiger partial charge on any atom is 0.328 e. The van der Waals surface area contributed by atoms with Crippen LogP contribution in [0.5, 0.6) is 0 Å². The van der Waals surface area contributed by atoms with Crippen molar-refractivity contribution in [1.29, 1.82) is 0 Å².